The first kappa shape index (κ1) is 21.9. The van der Waals surface area contributed by atoms with Gasteiger partial charge in [0.05, 0.1) is 16.9 Å². The summed E-state index contributed by atoms with van der Waals surface area (Å²) >= 11 is 5.87. The van der Waals surface area contributed by atoms with Crippen LogP contribution in [0.5, 0.6) is 0 Å². The van der Waals surface area contributed by atoms with Gasteiger partial charge in [-0.15, -0.1) is 0 Å². The topological polar surface area (TPSA) is 90.9 Å². The molecule has 0 N–H and O–H groups in total. The summed E-state index contributed by atoms with van der Waals surface area (Å²) in [6.45, 7) is 0.371. The molecule has 3 fully saturated rings. The number of piperidine rings is 1. The monoisotopic (exact) mass is 494 g/mol. The molecule has 2 aromatic rings. The van der Waals surface area contributed by atoms with Crippen molar-refractivity contribution in [3.63, 3.8) is 0 Å². The Labute approximate surface area is 204 Å². The van der Waals surface area contributed by atoms with Gasteiger partial charge in [-0.3, -0.25) is 34.0 Å². The molecule has 0 bridgehead atoms. The van der Waals surface area contributed by atoms with Crippen LogP contribution in [0.2, 0.25) is 5.02 Å². The van der Waals surface area contributed by atoms with Gasteiger partial charge >= 0.3 is 0 Å². The van der Waals surface area contributed by atoms with Crippen LogP contribution in [0.3, 0.4) is 0 Å². The van der Waals surface area contributed by atoms with E-state index in [0.717, 1.165) is 12.8 Å². The van der Waals surface area contributed by atoms with Crippen molar-refractivity contribution < 1.29 is 23.6 Å². The van der Waals surface area contributed by atoms with Gasteiger partial charge in [-0.25, -0.2) is 4.39 Å². The Balaban J connectivity index is 1.38. The summed E-state index contributed by atoms with van der Waals surface area (Å²) in [5.41, 5.74) is 1.70. The first-order valence-electron chi connectivity index (χ1n) is 11.4. The van der Waals surface area contributed by atoms with Crippen LogP contribution >= 0.6 is 11.6 Å². The maximum Gasteiger partial charge on any atom is 0.297 e. The summed E-state index contributed by atoms with van der Waals surface area (Å²) < 4.78 is 13.5. The summed E-state index contributed by atoms with van der Waals surface area (Å²) in [6, 6.07) is 7.62. The van der Waals surface area contributed by atoms with Gasteiger partial charge in [-0.1, -0.05) is 17.7 Å². The third-order valence-corrected chi connectivity index (χ3v) is 7.36. The Morgan fingerprint density at radius 3 is 2.54 bits per heavy atom. The van der Waals surface area contributed by atoms with Crippen LogP contribution in [0.4, 0.5) is 10.1 Å². The van der Waals surface area contributed by atoms with E-state index < -0.39 is 35.5 Å². The lowest BCUT2D eigenvalue weighted by Gasteiger charge is -2.39. The second-order valence-corrected chi connectivity index (χ2v) is 9.65. The first-order chi connectivity index (χ1) is 16.9. The van der Waals surface area contributed by atoms with Crippen molar-refractivity contribution in [2.45, 2.75) is 32.0 Å². The Morgan fingerprint density at radius 1 is 1.06 bits per heavy atom. The number of anilines is 1. The van der Waals surface area contributed by atoms with E-state index in [1.807, 2.05) is 0 Å². The van der Waals surface area contributed by atoms with Crippen LogP contribution in [0, 0.1) is 17.7 Å². The molecule has 10 heteroatoms. The predicted molar refractivity (Wildman–Crippen MR) is 122 cm³/mol. The van der Waals surface area contributed by atoms with Crippen molar-refractivity contribution in [2.24, 2.45) is 11.8 Å². The largest absolute Gasteiger partial charge is 0.337 e. The molecule has 1 aromatic heterocycles. The zero-order valence-electron chi connectivity index (χ0n) is 18.5. The van der Waals surface area contributed by atoms with Gasteiger partial charge < -0.3 is 4.90 Å². The minimum absolute atomic E-state index is 0.0598. The van der Waals surface area contributed by atoms with Crippen LogP contribution in [0.15, 0.2) is 54.0 Å². The minimum atomic E-state index is -1.32. The second kappa shape index (κ2) is 7.98. The van der Waals surface area contributed by atoms with Crippen LogP contribution in [0.25, 0.3) is 0 Å². The molecule has 1 aliphatic carbocycles. The fourth-order valence-electron chi connectivity index (χ4n) is 5.31. The number of hydrogen-bond acceptors (Lipinski definition) is 5. The van der Waals surface area contributed by atoms with Gasteiger partial charge in [0.15, 0.2) is 0 Å². The molecule has 1 aromatic carbocycles. The Morgan fingerprint density at radius 2 is 1.86 bits per heavy atom. The number of likely N-dealkylation sites (tertiary alicyclic amines) is 1. The number of ketones is 1. The number of pyridine rings is 1. The molecule has 178 valence electrons. The van der Waals surface area contributed by atoms with Gasteiger partial charge in [-0.05, 0) is 60.6 Å². The number of amides is 3. The second-order valence-electron chi connectivity index (χ2n) is 9.24. The molecular weight excluding hydrogens is 475 g/mol. The number of nitrogens with zero attached hydrogens (tertiary/aromatic N) is 4. The van der Waals surface area contributed by atoms with Gasteiger partial charge in [0.25, 0.3) is 11.8 Å². The first-order valence-corrected chi connectivity index (χ1v) is 11.8. The van der Waals surface area contributed by atoms with Gasteiger partial charge in [0.1, 0.15) is 23.6 Å². The normalized spacial score (nSPS) is 24.3. The molecule has 0 spiro atoms. The smallest absolute Gasteiger partial charge is 0.297 e. The van der Waals surface area contributed by atoms with Crippen molar-refractivity contribution in [2.75, 3.05) is 11.4 Å². The van der Waals surface area contributed by atoms with Crippen LogP contribution in [-0.4, -0.2) is 51.0 Å². The van der Waals surface area contributed by atoms with Gasteiger partial charge in [-0.2, -0.15) is 0 Å². The molecule has 35 heavy (non-hydrogen) atoms. The van der Waals surface area contributed by atoms with E-state index in [1.54, 1.807) is 24.5 Å². The van der Waals surface area contributed by atoms with Gasteiger partial charge in [0.2, 0.25) is 11.7 Å². The van der Waals surface area contributed by atoms with E-state index in [4.69, 9.17) is 11.6 Å². The highest BCUT2D eigenvalue weighted by Gasteiger charge is 2.59. The summed E-state index contributed by atoms with van der Waals surface area (Å²) in [7, 11) is 0. The molecule has 6 rings (SSSR count). The number of rotatable bonds is 4. The molecular formula is C25H20ClFN4O4. The number of hydrogen-bond donors (Lipinski definition) is 0. The number of carbonyl (C=O) groups excluding carboxylic acids is 4. The lowest BCUT2D eigenvalue weighted by molar-refractivity contribution is -0.153. The molecule has 3 aliphatic heterocycles. The highest BCUT2D eigenvalue weighted by Crippen LogP contribution is 2.48. The predicted octanol–water partition coefficient (Wildman–Crippen LogP) is 2.67. The maximum absolute atomic E-state index is 13.7. The van der Waals surface area contributed by atoms with E-state index in [9.17, 15) is 23.6 Å². The molecule has 3 amide bonds. The molecule has 4 heterocycles. The molecule has 2 atom stereocenters. The van der Waals surface area contributed by atoms with Crippen molar-refractivity contribution >= 4 is 40.8 Å². The fourth-order valence-corrected chi connectivity index (χ4v) is 5.51. The standard InChI is InChI=1S/C25H20ClFN4O4/c26-17-10-13(3-6-18(17)27)12-29-9-7-16-19(23(29)33)21(32)25(35)31-20(16)24(34)30(22(31)14-4-5-14)15-2-1-8-28-11-15/h1-3,6,8,10-11,14,19,22H,4-5,7,9,12H2. The number of Topliss-reactive ketones (excluding diaryl/α,β-unsaturated/α-hetero) is 1. The van der Waals surface area contributed by atoms with Gasteiger partial charge in [0, 0.05) is 19.3 Å². The Hall–Kier alpha value is -3.59. The zero-order chi connectivity index (χ0) is 24.4. The molecule has 8 nitrogen and oxygen atoms in total. The van der Waals surface area contributed by atoms with Crippen molar-refractivity contribution in [1.29, 1.82) is 0 Å². The number of benzene rings is 1. The van der Waals surface area contributed by atoms with Crippen molar-refractivity contribution in [3.05, 3.63) is 70.4 Å². The van der Waals surface area contributed by atoms with Crippen molar-refractivity contribution in [1.82, 2.24) is 14.8 Å². The number of fused-ring (bicyclic) bond motifs is 2. The number of aromatic nitrogens is 1. The summed E-state index contributed by atoms with van der Waals surface area (Å²) in [6.07, 6.45) is 4.51. The van der Waals surface area contributed by atoms with E-state index in [2.05, 4.69) is 4.98 Å². The van der Waals surface area contributed by atoms with E-state index in [1.165, 1.54) is 32.9 Å². The summed E-state index contributed by atoms with van der Waals surface area (Å²) in [4.78, 5) is 62.1. The van der Waals surface area contributed by atoms with Crippen molar-refractivity contribution in [3.8, 4) is 0 Å². The highest BCUT2D eigenvalue weighted by atomic mass is 35.5. The zero-order valence-corrected chi connectivity index (χ0v) is 19.2. The van der Waals surface area contributed by atoms with E-state index in [0.29, 0.717) is 16.8 Å². The molecule has 2 unspecified atom stereocenters. The molecule has 2 saturated heterocycles. The summed E-state index contributed by atoms with van der Waals surface area (Å²) in [5, 5.41) is -0.0625. The lowest BCUT2D eigenvalue weighted by atomic mass is 9.82. The Bertz CT molecular complexity index is 1330. The summed E-state index contributed by atoms with van der Waals surface area (Å²) in [5.74, 6) is -4.40. The molecule has 1 saturated carbocycles. The number of carbonyl (C=O) groups is 4. The SMILES string of the molecule is O=C1C(=O)N2C(=C3CCN(Cc4ccc(F)c(Cl)c4)C(=O)C13)C(=O)N(c1cccnc1)C2C1CC1. The molecule has 0 radical (unpaired) electrons. The highest BCUT2D eigenvalue weighted by molar-refractivity contribution is 6.44. The van der Waals surface area contributed by atoms with E-state index >= 15 is 0 Å². The lowest BCUT2D eigenvalue weighted by Crippen LogP contribution is -2.55. The Kier molecular flexibility index (Phi) is 5.00. The number of halogens is 2. The fraction of sp³-hybridized carbons (Fsp3) is 0.320. The van der Waals surface area contributed by atoms with E-state index in [-0.39, 0.29) is 42.1 Å². The average Bonchev–Trinajstić information content (AvgIpc) is 3.64. The third kappa shape index (κ3) is 3.36. The maximum atomic E-state index is 13.7. The quantitative estimate of drug-likeness (QED) is 0.481. The molecule has 4 aliphatic rings. The third-order valence-electron chi connectivity index (χ3n) is 7.07. The van der Waals surface area contributed by atoms with Crippen LogP contribution in [0.1, 0.15) is 24.8 Å². The minimum Gasteiger partial charge on any atom is -0.337 e. The average molecular weight is 495 g/mol. The van der Waals surface area contributed by atoms with Crippen LogP contribution < -0.4 is 4.90 Å². The van der Waals surface area contributed by atoms with Crippen LogP contribution in [-0.2, 0) is 25.7 Å².